The quantitative estimate of drug-likeness (QED) is 0.291. The van der Waals surface area contributed by atoms with Crippen molar-refractivity contribution in [2.75, 3.05) is 17.2 Å². The van der Waals surface area contributed by atoms with Crippen molar-refractivity contribution in [3.05, 3.63) is 94.7 Å². The highest BCUT2D eigenvalue weighted by Crippen LogP contribution is 2.31. The largest absolute Gasteiger partial charge is 0.348 e. The molecule has 2 aliphatic rings. The number of benzene rings is 3. The van der Waals surface area contributed by atoms with Gasteiger partial charge in [-0.05, 0) is 71.1 Å². The minimum absolute atomic E-state index is 0.0534. The van der Waals surface area contributed by atoms with Crippen molar-refractivity contribution in [3.63, 3.8) is 0 Å². The number of nitrogens with zero attached hydrogens (tertiary/aromatic N) is 2. The number of carbonyl (C=O) groups is 2. The summed E-state index contributed by atoms with van der Waals surface area (Å²) in [5.74, 6) is 0.551. The molecule has 0 bridgehead atoms. The lowest BCUT2D eigenvalue weighted by Crippen LogP contribution is -2.24. The van der Waals surface area contributed by atoms with E-state index in [0.717, 1.165) is 47.6 Å². The summed E-state index contributed by atoms with van der Waals surface area (Å²) in [7, 11) is 0. The van der Waals surface area contributed by atoms with E-state index < -0.39 is 0 Å². The predicted molar refractivity (Wildman–Crippen MR) is 153 cm³/mol. The zero-order valence-electron chi connectivity index (χ0n) is 22.4. The average Bonchev–Trinajstić information content (AvgIpc) is 3.52. The van der Waals surface area contributed by atoms with Gasteiger partial charge in [-0.25, -0.2) is 9.48 Å². The normalized spacial score (nSPS) is 14.4. The summed E-state index contributed by atoms with van der Waals surface area (Å²) in [6, 6.07) is 21.3. The van der Waals surface area contributed by atoms with Crippen LogP contribution < -0.4 is 21.3 Å². The van der Waals surface area contributed by atoms with E-state index in [1.54, 1.807) is 0 Å². The fourth-order valence-corrected chi connectivity index (χ4v) is 5.20. The topological polar surface area (TPSA) is 100 Å². The van der Waals surface area contributed by atoms with E-state index in [-0.39, 0.29) is 17.4 Å². The maximum Gasteiger partial charge on any atom is 0.324 e. The Bertz CT molecular complexity index is 1600. The van der Waals surface area contributed by atoms with Gasteiger partial charge in [0.05, 0.1) is 11.4 Å². The molecule has 3 amide bonds. The molecular formula is C31H32N6O2. The third-order valence-electron chi connectivity index (χ3n) is 7.32. The number of fused-ring (bicyclic) bond motifs is 2. The Labute approximate surface area is 227 Å². The van der Waals surface area contributed by atoms with E-state index in [4.69, 9.17) is 5.10 Å². The van der Waals surface area contributed by atoms with Gasteiger partial charge in [-0.3, -0.25) is 10.1 Å². The molecule has 8 heteroatoms. The van der Waals surface area contributed by atoms with Crippen LogP contribution in [0.4, 0.5) is 16.3 Å². The Balaban J connectivity index is 1.27. The van der Waals surface area contributed by atoms with Crippen LogP contribution in [-0.4, -0.2) is 28.3 Å². The Hall–Kier alpha value is -4.43. The summed E-state index contributed by atoms with van der Waals surface area (Å²) in [6.07, 6.45) is 0.963. The van der Waals surface area contributed by atoms with Crippen LogP contribution in [0.1, 0.15) is 53.5 Å². The highest BCUT2D eigenvalue weighted by Gasteiger charge is 2.23. The number of nitrogens with one attached hydrogen (secondary N) is 4. The smallest absolute Gasteiger partial charge is 0.324 e. The van der Waals surface area contributed by atoms with Crippen molar-refractivity contribution >= 4 is 23.4 Å². The Morgan fingerprint density at radius 1 is 0.923 bits per heavy atom. The fraction of sp³-hybridized carbons (Fsp3) is 0.258. The van der Waals surface area contributed by atoms with Crippen LogP contribution >= 0.6 is 0 Å². The summed E-state index contributed by atoms with van der Waals surface area (Å²) >= 11 is 0. The Morgan fingerprint density at radius 2 is 1.74 bits per heavy atom. The average molecular weight is 521 g/mol. The highest BCUT2D eigenvalue weighted by atomic mass is 16.2. The van der Waals surface area contributed by atoms with E-state index in [1.807, 2.05) is 53.2 Å². The third kappa shape index (κ3) is 4.91. The van der Waals surface area contributed by atoms with Crippen LogP contribution in [0.5, 0.6) is 0 Å². The number of carbonyl (C=O) groups excluding carboxylic acids is 2. The number of hydrogen-bond donors (Lipinski definition) is 4. The molecule has 0 atom stereocenters. The predicted octanol–water partition coefficient (Wildman–Crippen LogP) is 5.37. The lowest BCUT2D eigenvalue weighted by Gasteiger charge is -2.18. The van der Waals surface area contributed by atoms with Crippen molar-refractivity contribution in [3.8, 4) is 16.8 Å². The van der Waals surface area contributed by atoms with Gasteiger partial charge in [0.15, 0.2) is 0 Å². The number of urea groups is 1. The molecule has 3 aromatic carbocycles. The first-order valence-corrected chi connectivity index (χ1v) is 13.3. The van der Waals surface area contributed by atoms with Crippen molar-refractivity contribution in [1.29, 1.82) is 0 Å². The van der Waals surface area contributed by atoms with Crippen LogP contribution in [0.25, 0.3) is 16.8 Å². The number of rotatable bonds is 4. The molecule has 4 aromatic rings. The molecule has 1 aromatic heterocycles. The summed E-state index contributed by atoms with van der Waals surface area (Å²) in [4.78, 5) is 25.3. The van der Waals surface area contributed by atoms with Gasteiger partial charge >= 0.3 is 6.03 Å². The number of anilines is 2. The zero-order valence-corrected chi connectivity index (χ0v) is 22.4. The molecule has 6 rings (SSSR count). The highest BCUT2D eigenvalue weighted by molar-refractivity contribution is 6.01. The standard InChI is InChI=1S/C31H32N6O2/c1-31(2,3)27-16-28(37(36-27)23-11-10-21-17-32-13-12-19(21)15-23)35-30(39)34-22-7-4-6-20(14-22)24-8-5-9-25-26(24)18-33-29(25)38/h4-11,14-16,32H,12-13,17-18H2,1-3H3,(H,33,38)(H2,34,35,39). The first kappa shape index (κ1) is 24.9. The molecule has 0 fully saturated rings. The maximum atomic E-state index is 13.2. The summed E-state index contributed by atoms with van der Waals surface area (Å²) < 4.78 is 1.82. The van der Waals surface area contributed by atoms with Gasteiger partial charge in [-0.1, -0.05) is 51.1 Å². The van der Waals surface area contributed by atoms with Crippen LogP contribution in [0, 0.1) is 0 Å². The first-order chi connectivity index (χ1) is 18.8. The summed E-state index contributed by atoms with van der Waals surface area (Å²) in [5.41, 5.74) is 8.47. The van der Waals surface area contributed by atoms with E-state index in [2.05, 4.69) is 60.2 Å². The van der Waals surface area contributed by atoms with Gasteiger partial charge in [-0.2, -0.15) is 5.10 Å². The van der Waals surface area contributed by atoms with E-state index in [9.17, 15) is 9.59 Å². The number of aromatic nitrogens is 2. The van der Waals surface area contributed by atoms with Gasteiger partial charge in [0.25, 0.3) is 5.91 Å². The van der Waals surface area contributed by atoms with Gasteiger partial charge in [0, 0.05) is 35.8 Å². The fourth-order valence-electron chi connectivity index (χ4n) is 5.20. The van der Waals surface area contributed by atoms with Gasteiger partial charge < -0.3 is 16.0 Å². The molecule has 4 N–H and O–H groups in total. The van der Waals surface area contributed by atoms with E-state index in [1.165, 1.54) is 11.1 Å². The summed E-state index contributed by atoms with van der Waals surface area (Å²) in [5, 5.41) is 17.2. The zero-order chi connectivity index (χ0) is 27.1. The van der Waals surface area contributed by atoms with Crippen LogP contribution in [0.3, 0.4) is 0 Å². The lowest BCUT2D eigenvalue weighted by atomic mass is 9.92. The molecule has 0 unspecified atom stereocenters. The van der Waals surface area contributed by atoms with Gasteiger partial charge in [0.1, 0.15) is 5.82 Å². The van der Waals surface area contributed by atoms with Crippen molar-refractivity contribution in [2.45, 2.75) is 45.7 Å². The molecular weight excluding hydrogens is 488 g/mol. The molecule has 2 aliphatic heterocycles. The van der Waals surface area contributed by atoms with Crippen molar-refractivity contribution in [2.24, 2.45) is 0 Å². The number of amides is 3. The molecule has 0 aliphatic carbocycles. The molecule has 0 radical (unpaired) electrons. The van der Waals surface area contributed by atoms with Crippen LogP contribution in [-0.2, 0) is 24.9 Å². The van der Waals surface area contributed by atoms with Crippen LogP contribution in [0.2, 0.25) is 0 Å². The molecule has 198 valence electrons. The van der Waals surface area contributed by atoms with E-state index >= 15 is 0 Å². The SMILES string of the molecule is CC(C)(C)c1cc(NC(=O)Nc2cccc(-c3cccc4c3CNC4=O)c2)n(-c2ccc3c(c2)CCNC3)n1. The molecule has 0 spiro atoms. The van der Waals surface area contributed by atoms with Gasteiger partial charge in [0.2, 0.25) is 0 Å². The van der Waals surface area contributed by atoms with Crippen molar-refractivity contribution in [1.82, 2.24) is 20.4 Å². The Kier molecular flexibility index (Phi) is 6.19. The molecule has 39 heavy (non-hydrogen) atoms. The second kappa shape index (κ2) is 9.71. The Morgan fingerprint density at radius 3 is 2.59 bits per heavy atom. The van der Waals surface area contributed by atoms with Gasteiger partial charge in [-0.15, -0.1) is 0 Å². The first-order valence-electron chi connectivity index (χ1n) is 13.3. The second-order valence-electron chi connectivity index (χ2n) is 11.1. The minimum atomic E-state index is -0.356. The number of hydrogen-bond acceptors (Lipinski definition) is 4. The molecule has 0 saturated heterocycles. The third-order valence-corrected chi connectivity index (χ3v) is 7.32. The molecule has 0 saturated carbocycles. The minimum Gasteiger partial charge on any atom is -0.348 e. The van der Waals surface area contributed by atoms with Crippen molar-refractivity contribution < 1.29 is 9.59 Å². The lowest BCUT2D eigenvalue weighted by molar-refractivity contribution is 0.0965. The maximum absolute atomic E-state index is 13.2. The summed E-state index contributed by atoms with van der Waals surface area (Å²) in [6.45, 7) is 8.65. The molecule has 3 heterocycles. The second-order valence-corrected chi connectivity index (χ2v) is 11.1. The monoisotopic (exact) mass is 520 g/mol. The van der Waals surface area contributed by atoms with Crippen LogP contribution in [0.15, 0.2) is 66.7 Å². The van der Waals surface area contributed by atoms with E-state index in [0.29, 0.717) is 23.6 Å². The molecule has 8 nitrogen and oxygen atoms in total.